The highest BCUT2D eigenvalue weighted by molar-refractivity contribution is 7.99. The molecule has 0 aromatic heterocycles. The number of thioether (sulfide) groups is 1. The summed E-state index contributed by atoms with van der Waals surface area (Å²) in [6, 6.07) is 5.09. The van der Waals surface area contributed by atoms with Crippen LogP contribution in [0.1, 0.15) is 24.2 Å². The van der Waals surface area contributed by atoms with Gasteiger partial charge in [-0.2, -0.15) is 11.8 Å². The van der Waals surface area contributed by atoms with Crippen LogP contribution in [0.25, 0.3) is 0 Å². The number of nitrogens with one attached hydrogen (secondary N) is 1. The topological polar surface area (TPSA) is 64.3 Å². The molecule has 3 N–H and O–H groups in total. The minimum Gasteiger partial charge on any atom is -0.492 e. The summed E-state index contributed by atoms with van der Waals surface area (Å²) >= 11 is 1.71. The molecular weight excluding hydrogens is 248 g/mol. The van der Waals surface area contributed by atoms with Gasteiger partial charge in [-0.15, -0.1) is 0 Å². The summed E-state index contributed by atoms with van der Waals surface area (Å²) in [5, 5.41) is 3.27. The highest BCUT2D eigenvalue weighted by atomic mass is 32.2. The normalized spacial score (nSPS) is 11.9. The SMILES string of the molecule is CCOc1ccc(C(=O)NCC(C)SC)cc1N. The number of rotatable bonds is 6. The molecule has 5 heteroatoms. The van der Waals surface area contributed by atoms with Gasteiger partial charge in [-0.05, 0) is 31.4 Å². The molecule has 100 valence electrons. The van der Waals surface area contributed by atoms with Crippen LogP contribution >= 0.6 is 11.8 Å². The van der Waals surface area contributed by atoms with Gasteiger partial charge >= 0.3 is 0 Å². The fourth-order valence-electron chi connectivity index (χ4n) is 1.40. The number of anilines is 1. The molecule has 1 amide bonds. The van der Waals surface area contributed by atoms with Gasteiger partial charge < -0.3 is 15.8 Å². The first-order chi connectivity index (χ1) is 8.58. The van der Waals surface area contributed by atoms with Crippen LogP contribution in [0.5, 0.6) is 5.75 Å². The summed E-state index contributed by atoms with van der Waals surface area (Å²) in [4.78, 5) is 11.9. The van der Waals surface area contributed by atoms with E-state index < -0.39 is 0 Å². The van der Waals surface area contributed by atoms with E-state index in [0.717, 1.165) is 0 Å². The van der Waals surface area contributed by atoms with Crippen molar-refractivity contribution < 1.29 is 9.53 Å². The lowest BCUT2D eigenvalue weighted by atomic mass is 10.1. The predicted octanol–water partition coefficient (Wildman–Crippen LogP) is 2.15. The number of nitrogens with two attached hydrogens (primary N) is 1. The first kappa shape index (κ1) is 14.7. The lowest BCUT2D eigenvalue weighted by Crippen LogP contribution is -2.29. The average Bonchev–Trinajstić information content (AvgIpc) is 2.38. The third-order valence-electron chi connectivity index (χ3n) is 2.52. The highest BCUT2D eigenvalue weighted by Crippen LogP contribution is 2.22. The molecule has 0 spiro atoms. The largest absolute Gasteiger partial charge is 0.492 e. The number of benzene rings is 1. The van der Waals surface area contributed by atoms with Gasteiger partial charge in [0.2, 0.25) is 0 Å². The number of ether oxygens (including phenoxy) is 1. The summed E-state index contributed by atoms with van der Waals surface area (Å²) in [5.41, 5.74) is 6.87. The molecule has 0 heterocycles. The molecular formula is C13H20N2O2S. The van der Waals surface area contributed by atoms with E-state index in [9.17, 15) is 4.79 Å². The molecule has 0 bridgehead atoms. The zero-order valence-electron chi connectivity index (χ0n) is 11.0. The number of carbonyl (C=O) groups is 1. The lowest BCUT2D eigenvalue weighted by Gasteiger charge is -2.11. The maximum absolute atomic E-state index is 11.9. The number of carbonyl (C=O) groups excluding carboxylic acids is 1. The molecule has 1 rings (SSSR count). The molecule has 4 nitrogen and oxygen atoms in total. The number of nitrogen functional groups attached to an aromatic ring is 1. The van der Waals surface area contributed by atoms with Crippen molar-refractivity contribution in [3.8, 4) is 5.75 Å². The molecule has 0 fully saturated rings. The van der Waals surface area contributed by atoms with Crippen molar-refractivity contribution in [2.24, 2.45) is 0 Å². The van der Waals surface area contributed by atoms with Gasteiger partial charge in [0.15, 0.2) is 0 Å². The molecule has 18 heavy (non-hydrogen) atoms. The van der Waals surface area contributed by atoms with Gasteiger partial charge in [0, 0.05) is 17.4 Å². The molecule has 1 aromatic carbocycles. The third kappa shape index (κ3) is 4.14. The van der Waals surface area contributed by atoms with Crippen LogP contribution < -0.4 is 15.8 Å². The Kier molecular flexibility index (Phi) is 5.85. The molecule has 1 atom stereocenters. The second-order valence-corrected chi connectivity index (χ2v) is 5.22. The van der Waals surface area contributed by atoms with Crippen molar-refractivity contribution in [2.45, 2.75) is 19.1 Å². The van der Waals surface area contributed by atoms with E-state index in [1.807, 2.05) is 13.2 Å². The Labute approximate surface area is 112 Å². The molecule has 0 radical (unpaired) electrons. The van der Waals surface area contributed by atoms with Crippen molar-refractivity contribution in [2.75, 3.05) is 25.1 Å². The Balaban J connectivity index is 2.66. The molecule has 1 aromatic rings. The Bertz CT molecular complexity index is 410. The van der Waals surface area contributed by atoms with Gasteiger partial charge in [-0.3, -0.25) is 4.79 Å². The van der Waals surface area contributed by atoms with Crippen LogP contribution in [0.3, 0.4) is 0 Å². The predicted molar refractivity (Wildman–Crippen MR) is 77.3 cm³/mol. The van der Waals surface area contributed by atoms with Crippen LogP contribution in [-0.2, 0) is 0 Å². The first-order valence-corrected chi connectivity index (χ1v) is 7.20. The van der Waals surface area contributed by atoms with Crippen molar-refractivity contribution in [3.05, 3.63) is 23.8 Å². The van der Waals surface area contributed by atoms with E-state index in [1.165, 1.54) is 0 Å². The molecule has 0 aliphatic heterocycles. The summed E-state index contributed by atoms with van der Waals surface area (Å²) in [6.45, 7) is 5.16. The van der Waals surface area contributed by atoms with Gasteiger partial charge in [0.25, 0.3) is 5.91 Å². The number of hydrogen-bond acceptors (Lipinski definition) is 4. The van der Waals surface area contributed by atoms with Crippen LogP contribution in [0, 0.1) is 0 Å². The van der Waals surface area contributed by atoms with Crippen LogP contribution in [0.15, 0.2) is 18.2 Å². The van der Waals surface area contributed by atoms with Gasteiger partial charge in [0.1, 0.15) is 5.75 Å². The van der Waals surface area contributed by atoms with Crippen LogP contribution in [0.2, 0.25) is 0 Å². The zero-order valence-corrected chi connectivity index (χ0v) is 11.8. The smallest absolute Gasteiger partial charge is 0.251 e. The van der Waals surface area contributed by atoms with E-state index in [-0.39, 0.29) is 5.91 Å². The van der Waals surface area contributed by atoms with E-state index in [2.05, 4.69) is 12.2 Å². The standard InChI is InChI=1S/C13H20N2O2S/c1-4-17-12-6-5-10(7-11(12)14)13(16)15-8-9(2)18-3/h5-7,9H,4,8,14H2,1-3H3,(H,15,16). The Morgan fingerprint density at radius 2 is 2.28 bits per heavy atom. The first-order valence-electron chi connectivity index (χ1n) is 5.91. The van der Waals surface area contributed by atoms with E-state index in [0.29, 0.717) is 35.4 Å². The maximum atomic E-state index is 11.9. The maximum Gasteiger partial charge on any atom is 0.251 e. The summed E-state index contributed by atoms with van der Waals surface area (Å²) in [7, 11) is 0. The van der Waals surface area contributed by atoms with Crippen LogP contribution in [0.4, 0.5) is 5.69 Å². The average molecular weight is 268 g/mol. The second kappa shape index (κ2) is 7.16. The van der Waals surface area contributed by atoms with E-state index in [4.69, 9.17) is 10.5 Å². The van der Waals surface area contributed by atoms with Crippen molar-refractivity contribution >= 4 is 23.4 Å². The highest BCUT2D eigenvalue weighted by Gasteiger charge is 2.09. The summed E-state index contributed by atoms with van der Waals surface area (Å²) < 4.78 is 5.33. The fourth-order valence-corrected chi connectivity index (χ4v) is 1.65. The molecule has 0 saturated carbocycles. The van der Waals surface area contributed by atoms with Crippen molar-refractivity contribution in [3.63, 3.8) is 0 Å². The van der Waals surface area contributed by atoms with Gasteiger partial charge in [-0.1, -0.05) is 6.92 Å². The fraction of sp³-hybridized carbons (Fsp3) is 0.462. The van der Waals surface area contributed by atoms with Crippen molar-refractivity contribution in [1.29, 1.82) is 0 Å². The zero-order chi connectivity index (χ0) is 13.5. The Hall–Kier alpha value is -1.36. The Morgan fingerprint density at radius 1 is 1.56 bits per heavy atom. The molecule has 0 saturated heterocycles. The van der Waals surface area contributed by atoms with Crippen LogP contribution in [-0.4, -0.2) is 30.6 Å². The van der Waals surface area contributed by atoms with Crippen molar-refractivity contribution in [1.82, 2.24) is 5.32 Å². The van der Waals surface area contributed by atoms with E-state index in [1.54, 1.807) is 30.0 Å². The summed E-state index contributed by atoms with van der Waals surface area (Å²) in [6.07, 6.45) is 2.02. The molecule has 1 unspecified atom stereocenters. The minimum atomic E-state index is -0.106. The summed E-state index contributed by atoms with van der Waals surface area (Å²) in [5.74, 6) is 0.511. The third-order valence-corrected chi connectivity index (χ3v) is 3.50. The van der Waals surface area contributed by atoms with Gasteiger partial charge in [-0.25, -0.2) is 0 Å². The lowest BCUT2D eigenvalue weighted by molar-refractivity contribution is 0.0954. The molecule has 0 aliphatic rings. The number of hydrogen-bond donors (Lipinski definition) is 2. The minimum absolute atomic E-state index is 0.106. The monoisotopic (exact) mass is 268 g/mol. The van der Waals surface area contributed by atoms with Gasteiger partial charge in [0.05, 0.1) is 12.3 Å². The Morgan fingerprint density at radius 3 is 2.83 bits per heavy atom. The second-order valence-electron chi connectivity index (χ2n) is 3.94. The quantitative estimate of drug-likeness (QED) is 0.776. The number of amides is 1. The molecule has 0 aliphatic carbocycles. The van der Waals surface area contributed by atoms with E-state index >= 15 is 0 Å².